The Hall–Kier alpha value is -0.340. The van der Waals surface area contributed by atoms with Gasteiger partial charge in [0.05, 0.1) is 12.2 Å². The molecule has 1 aliphatic rings. The molecule has 3 unspecified atom stereocenters. The third-order valence-electron chi connectivity index (χ3n) is 2.16. The van der Waals surface area contributed by atoms with Crippen molar-refractivity contribution >= 4 is 0 Å². The van der Waals surface area contributed by atoms with E-state index in [1.165, 1.54) is 0 Å². The van der Waals surface area contributed by atoms with E-state index in [9.17, 15) is 0 Å². The molecule has 2 heteroatoms. The Labute approximate surface area is 67.9 Å². The fourth-order valence-corrected chi connectivity index (χ4v) is 1.60. The van der Waals surface area contributed by atoms with Crippen LogP contribution in [0.4, 0.5) is 0 Å². The quantitative estimate of drug-likeness (QED) is 0.611. The molecule has 0 aromatic heterocycles. The van der Waals surface area contributed by atoms with E-state index in [1.54, 1.807) is 0 Å². The molecular weight excluding hydrogens is 140 g/mol. The number of rotatable bonds is 2. The molecule has 1 fully saturated rings. The molecular formula is C9H16O2. The fraction of sp³-hybridized carbons (Fsp3) is 0.778. The molecule has 1 saturated heterocycles. The second kappa shape index (κ2) is 3.88. The molecule has 0 spiro atoms. The van der Waals surface area contributed by atoms with Crippen LogP contribution in [0, 0.1) is 5.92 Å². The van der Waals surface area contributed by atoms with Gasteiger partial charge in [-0.05, 0) is 25.7 Å². The van der Waals surface area contributed by atoms with Gasteiger partial charge in [-0.3, -0.25) is 0 Å². The lowest BCUT2D eigenvalue weighted by Crippen LogP contribution is -2.31. The van der Waals surface area contributed by atoms with E-state index in [-0.39, 0.29) is 18.8 Å². The highest BCUT2D eigenvalue weighted by molar-refractivity contribution is 4.86. The molecule has 2 nitrogen and oxygen atoms in total. The lowest BCUT2D eigenvalue weighted by atomic mass is 9.93. The Kier molecular flexibility index (Phi) is 3.09. The summed E-state index contributed by atoms with van der Waals surface area (Å²) in [5, 5.41) is 8.93. The zero-order chi connectivity index (χ0) is 8.27. The van der Waals surface area contributed by atoms with Crippen LogP contribution < -0.4 is 0 Å². The average molecular weight is 156 g/mol. The van der Waals surface area contributed by atoms with Gasteiger partial charge in [-0.2, -0.15) is 0 Å². The third kappa shape index (κ3) is 2.31. The zero-order valence-corrected chi connectivity index (χ0v) is 6.99. The van der Waals surface area contributed by atoms with Crippen LogP contribution in [0.15, 0.2) is 12.7 Å². The van der Waals surface area contributed by atoms with Crippen LogP contribution >= 0.6 is 0 Å². The monoisotopic (exact) mass is 156 g/mol. The number of aliphatic hydroxyl groups excluding tert-OH is 1. The molecule has 1 N–H and O–H groups in total. The van der Waals surface area contributed by atoms with Gasteiger partial charge in [-0.15, -0.1) is 6.58 Å². The maximum absolute atomic E-state index is 8.93. The summed E-state index contributed by atoms with van der Waals surface area (Å²) in [7, 11) is 0. The number of hydrogen-bond donors (Lipinski definition) is 1. The summed E-state index contributed by atoms with van der Waals surface area (Å²) >= 11 is 0. The van der Waals surface area contributed by atoms with Gasteiger partial charge in [0.15, 0.2) is 0 Å². The van der Waals surface area contributed by atoms with Gasteiger partial charge in [0.25, 0.3) is 0 Å². The van der Waals surface area contributed by atoms with Crippen LogP contribution in [0.3, 0.4) is 0 Å². The lowest BCUT2D eigenvalue weighted by molar-refractivity contribution is -0.0477. The second-order valence-corrected chi connectivity index (χ2v) is 3.24. The average Bonchev–Trinajstić information content (AvgIpc) is 2.03. The molecule has 0 aliphatic carbocycles. The van der Waals surface area contributed by atoms with E-state index in [0.29, 0.717) is 5.92 Å². The Morgan fingerprint density at radius 1 is 1.64 bits per heavy atom. The van der Waals surface area contributed by atoms with Crippen molar-refractivity contribution in [1.82, 2.24) is 0 Å². The maximum Gasteiger partial charge on any atom is 0.0760 e. The molecule has 0 aromatic rings. The van der Waals surface area contributed by atoms with Crippen molar-refractivity contribution < 1.29 is 9.84 Å². The Morgan fingerprint density at radius 2 is 2.36 bits per heavy atom. The van der Waals surface area contributed by atoms with Gasteiger partial charge in [-0.25, -0.2) is 0 Å². The van der Waals surface area contributed by atoms with Crippen LogP contribution in [0.2, 0.25) is 0 Å². The molecule has 3 atom stereocenters. The summed E-state index contributed by atoms with van der Waals surface area (Å²) in [6.07, 6.45) is 4.13. The Bertz CT molecular complexity index is 134. The summed E-state index contributed by atoms with van der Waals surface area (Å²) in [6.45, 7) is 6.00. The first kappa shape index (κ1) is 8.75. The van der Waals surface area contributed by atoms with Crippen molar-refractivity contribution in [2.45, 2.75) is 32.0 Å². The third-order valence-corrected chi connectivity index (χ3v) is 2.16. The van der Waals surface area contributed by atoms with Crippen LogP contribution in [-0.2, 0) is 4.74 Å². The van der Waals surface area contributed by atoms with Crippen molar-refractivity contribution in [1.29, 1.82) is 0 Å². The van der Waals surface area contributed by atoms with Gasteiger partial charge >= 0.3 is 0 Å². The summed E-state index contributed by atoms with van der Waals surface area (Å²) in [5.41, 5.74) is 0. The van der Waals surface area contributed by atoms with Crippen molar-refractivity contribution in [3.63, 3.8) is 0 Å². The predicted octanol–water partition coefficient (Wildman–Crippen LogP) is 1.35. The summed E-state index contributed by atoms with van der Waals surface area (Å²) in [4.78, 5) is 0. The molecule has 0 saturated carbocycles. The number of aliphatic hydroxyl groups is 1. The minimum Gasteiger partial charge on any atom is -0.396 e. The van der Waals surface area contributed by atoms with Crippen LogP contribution in [0.1, 0.15) is 19.8 Å². The van der Waals surface area contributed by atoms with Crippen molar-refractivity contribution in [2.24, 2.45) is 5.92 Å². The number of ether oxygens (including phenoxy) is 1. The van der Waals surface area contributed by atoms with Crippen LogP contribution in [0.25, 0.3) is 0 Å². The topological polar surface area (TPSA) is 29.5 Å². The van der Waals surface area contributed by atoms with E-state index in [4.69, 9.17) is 9.84 Å². The highest BCUT2D eigenvalue weighted by Gasteiger charge is 2.24. The van der Waals surface area contributed by atoms with E-state index in [1.807, 2.05) is 13.0 Å². The minimum absolute atomic E-state index is 0.149. The second-order valence-electron chi connectivity index (χ2n) is 3.24. The predicted molar refractivity (Wildman–Crippen MR) is 44.3 cm³/mol. The Morgan fingerprint density at radius 3 is 2.91 bits per heavy atom. The van der Waals surface area contributed by atoms with Crippen molar-refractivity contribution in [3.05, 3.63) is 12.7 Å². The number of hydrogen-bond acceptors (Lipinski definition) is 2. The normalized spacial score (nSPS) is 38.5. The van der Waals surface area contributed by atoms with E-state index in [2.05, 4.69) is 6.58 Å². The SMILES string of the molecule is C=CC1CC(CO)CC(C)O1. The first-order valence-corrected chi connectivity index (χ1v) is 4.15. The fourth-order valence-electron chi connectivity index (χ4n) is 1.60. The molecule has 1 rings (SSSR count). The van der Waals surface area contributed by atoms with Crippen LogP contribution in [-0.4, -0.2) is 23.9 Å². The molecule has 0 radical (unpaired) electrons. The largest absolute Gasteiger partial charge is 0.396 e. The van der Waals surface area contributed by atoms with Gasteiger partial charge < -0.3 is 9.84 Å². The summed E-state index contributed by atoms with van der Waals surface area (Å²) in [6, 6.07) is 0. The van der Waals surface area contributed by atoms with E-state index < -0.39 is 0 Å². The molecule has 0 aromatic carbocycles. The molecule has 1 heterocycles. The smallest absolute Gasteiger partial charge is 0.0760 e. The first-order valence-electron chi connectivity index (χ1n) is 4.15. The van der Waals surface area contributed by atoms with Crippen LogP contribution in [0.5, 0.6) is 0 Å². The van der Waals surface area contributed by atoms with E-state index in [0.717, 1.165) is 12.8 Å². The molecule has 0 amide bonds. The standard InChI is InChI=1S/C9H16O2/c1-3-9-5-8(6-10)4-7(2)11-9/h3,7-10H,1,4-6H2,2H3. The molecule has 0 bridgehead atoms. The molecule has 64 valence electrons. The summed E-state index contributed by atoms with van der Waals surface area (Å²) < 4.78 is 5.54. The summed E-state index contributed by atoms with van der Waals surface area (Å²) in [5.74, 6) is 0.404. The molecule has 11 heavy (non-hydrogen) atoms. The van der Waals surface area contributed by atoms with Crippen molar-refractivity contribution in [3.8, 4) is 0 Å². The highest BCUT2D eigenvalue weighted by Crippen LogP contribution is 2.24. The first-order chi connectivity index (χ1) is 5.26. The van der Waals surface area contributed by atoms with Gasteiger partial charge in [-0.1, -0.05) is 6.08 Å². The Balaban J connectivity index is 2.43. The zero-order valence-electron chi connectivity index (χ0n) is 6.99. The lowest BCUT2D eigenvalue weighted by Gasteiger charge is -2.31. The van der Waals surface area contributed by atoms with Gasteiger partial charge in [0, 0.05) is 6.61 Å². The van der Waals surface area contributed by atoms with Gasteiger partial charge in [0.1, 0.15) is 0 Å². The highest BCUT2D eigenvalue weighted by atomic mass is 16.5. The van der Waals surface area contributed by atoms with E-state index >= 15 is 0 Å². The van der Waals surface area contributed by atoms with Gasteiger partial charge in [0.2, 0.25) is 0 Å². The minimum atomic E-state index is 0.149. The van der Waals surface area contributed by atoms with Crippen molar-refractivity contribution in [2.75, 3.05) is 6.61 Å². The molecule has 1 aliphatic heterocycles. The maximum atomic E-state index is 8.93.